The average molecular weight is 424 g/mol. The highest BCUT2D eigenvalue weighted by atomic mass is 16.5. The first-order valence-electron chi connectivity index (χ1n) is 10.6. The van der Waals surface area contributed by atoms with E-state index in [4.69, 9.17) is 14.5 Å². The molecule has 0 fully saturated rings. The summed E-state index contributed by atoms with van der Waals surface area (Å²) in [7, 11) is 1.64. The van der Waals surface area contributed by atoms with Gasteiger partial charge >= 0.3 is 0 Å². The Kier molecular flexibility index (Phi) is 4.28. The van der Waals surface area contributed by atoms with Crippen LogP contribution in [-0.4, -0.2) is 32.5 Å². The Morgan fingerprint density at radius 2 is 1.88 bits per heavy atom. The Balaban J connectivity index is 1.59. The van der Waals surface area contributed by atoms with Crippen molar-refractivity contribution in [1.82, 2.24) is 19.6 Å². The van der Waals surface area contributed by atoms with E-state index in [0.29, 0.717) is 35.1 Å². The van der Waals surface area contributed by atoms with Crippen molar-refractivity contribution in [2.45, 2.75) is 25.2 Å². The zero-order chi connectivity index (χ0) is 21.7. The van der Waals surface area contributed by atoms with Crippen molar-refractivity contribution in [3.63, 3.8) is 0 Å². The van der Waals surface area contributed by atoms with E-state index in [9.17, 15) is 4.79 Å². The topological polar surface area (TPSA) is 78.6 Å². The monoisotopic (exact) mass is 424 g/mol. The maximum Gasteiger partial charge on any atom is 0.228 e. The Bertz CT molecular complexity index is 1370. The number of allylic oxidation sites excluding steroid dienone is 2. The first-order valence-corrected chi connectivity index (χ1v) is 10.6. The lowest BCUT2D eigenvalue weighted by Gasteiger charge is -2.32. The van der Waals surface area contributed by atoms with Gasteiger partial charge in [-0.3, -0.25) is 4.79 Å². The second-order valence-electron chi connectivity index (χ2n) is 7.95. The van der Waals surface area contributed by atoms with Crippen LogP contribution in [0.4, 0.5) is 0 Å². The molecule has 4 aromatic rings. The molecule has 0 saturated heterocycles. The smallest absolute Gasteiger partial charge is 0.228 e. The maximum atomic E-state index is 13.1. The number of hydrogen-bond donors (Lipinski definition) is 0. The summed E-state index contributed by atoms with van der Waals surface area (Å²) < 4.78 is 13.2. The van der Waals surface area contributed by atoms with Gasteiger partial charge in [-0.05, 0) is 24.1 Å². The molecule has 0 radical (unpaired) electrons. The number of rotatable bonds is 3. The van der Waals surface area contributed by atoms with Crippen LogP contribution in [0.25, 0.3) is 17.0 Å². The summed E-state index contributed by atoms with van der Waals surface area (Å²) in [6, 6.07) is 17.6. The largest absolute Gasteiger partial charge is 0.497 e. The van der Waals surface area contributed by atoms with E-state index in [1.165, 1.54) is 0 Å². The molecule has 2 aromatic heterocycles. The first-order chi connectivity index (χ1) is 15.7. The average Bonchev–Trinajstić information content (AvgIpc) is 3.28. The summed E-state index contributed by atoms with van der Waals surface area (Å²) in [5, 5.41) is 4.64. The van der Waals surface area contributed by atoms with E-state index < -0.39 is 0 Å². The minimum atomic E-state index is -0.323. The number of aromatic nitrogens is 4. The van der Waals surface area contributed by atoms with Gasteiger partial charge in [0.1, 0.15) is 17.8 Å². The second kappa shape index (κ2) is 7.30. The summed E-state index contributed by atoms with van der Waals surface area (Å²) in [6.07, 6.45) is 3.65. The minimum Gasteiger partial charge on any atom is -0.497 e. The first kappa shape index (κ1) is 18.7. The summed E-state index contributed by atoms with van der Waals surface area (Å²) in [5.74, 6) is 2.35. The Hall–Kier alpha value is -4.00. The van der Waals surface area contributed by atoms with Crippen LogP contribution in [-0.2, 0) is 4.79 Å². The van der Waals surface area contributed by atoms with Crippen LogP contribution in [0.15, 0.2) is 72.3 Å². The van der Waals surface area contributed by atoms with Crippen molar-refractivity contribution in [1.29, 1.82) is 0 Å². The summed E-state index contributed by atoms with van der Waals surface area (Å²) in [6.45, 7) is 0. The fourth-order valence-corrected chi connectivity index (χ4v) is 4.56. The van der Waals surface area contributed by atoms with Crippen LogP contribution in [0.3, 0.4) is 0 Å². The third-order valence-electron chi connectivity index (χ3n) is 6.07. The van der Waals surface area contributed by atoms with Gasteiger partial charge < -0.3 is 9.47 Å². The van der Waals surface area contributed by atoms with Gasteiger partial charge in [-0.15, -0.1) is 5.10 Å². The van der Waals surface area contributed by atoms with Crippen LogP contribution >= 0.6 is 0 Å². The molecule has 0 spiro atoms. The predicted octanol–water partition coefficient (Wildman–Crippen LogP) is 4.33. The van der Waals surface area contributed by atoms with Crippen molar-refractivity contribution in [2.75, 3.05) is 7.11 Å². The number of methoxy groups -OCH3 is 1. The van der Waals surface area contributed by atoms with Gasteiger partial charge in [0.15, 0.2) is 17.3 Å². The van der Waals surface area contributed by atoms with E-state index in [2.05, 4.69) is 10.1 Å². The van der Waals surface area contributed by atoms with E-state index in [1.54, 1.807) is 18.0 Å². The van der Waals surface area contributed by atoms with Crippen molar-refractivity contribution in [3.05, 3.63) is 83.4 Å². The van der Waals surface area contributed by atoms with Gasteiger partial charge in [0.05, 0.1) is 12.7 Å². The highest BCUT2D eigenvalue weighted by Gasteiger charge is 2.39. The SMILES string of the molecule is COc1ccc([C@@H]2C3=C(CCCC3=O)Oc3ncn4nc(-c5ccccc5)nc4c32)cc1. The molecule has 32 heavy (non-hydrogen) atoms. The number of nitrogens with zero attached hydrogens (tertiary/aromatic N) is 4. The number of fused-ring (bicyclic) bond motifs is 3. The van der Waals surface area contributed by atoms with Crippen LogP contribution < -0.4 is 9.47 Å². The molecule has 0 saturated carbocycles. The molecule has 1 aliphatic carbocycles. The maximum absolute atomic E-state index is 13.1. The number of carbonyl (C=O) groups is 1. The van der Waals surface area contributed by atoms with Crippen LogP contribution in [0, 0.1) is 0 Å². The highest BCUT2D eigenvalue weighted by Crippen LogP contribution is 2.47. The highest BCUT2D eigenvalue weighted by molar-refractivity contribution is 6.00. The van der Waals surface area contributed by atoms with Gasteiger partial charge in [0, 0.05) is 29.9 Å². The molecule has 1 atom stereocenters. The van der Waals surface area contributed by atoms with Crippen molar-refractivity contribution in [3.8, 4) is 23.0 Å². The van der Waals surface area contributed by atoms with Gasteiger partial charge in [-0.1, -0.05) is 42.5 Å². The summed E-state index contributed by atoms with van der Waals surface area (Å²) >= 11 is 0. The lowest BCUT2D eigenvalue weighted by Crippen LogP contribution is -2.26. The number of ketones is 1. The summed E-state index contributed by atoms with van der Waals surface area (Å²) in [5.41, 5.74) is 3.99. The van der Waals surface area contributed by atoms with Crippen molar-refractivity contribution in [2.24, 2.45) is 0 Å². The third-order valence-corrected chi connectivity index (χ3v) is 6.07. The van der Waals surface area contributed by atoms with Crippen LogP contribution in [0.5, 0.6) is 11.6 Å². The molecule has 2 aliphatic rings. The Morgan fingerprint density at radius 1 is 1.06 bits per heavy atom. The standard InChI is InChI=1S/C25H20N4O3/c1-31-17-12-10-15(11-13-17)20-21-18(30)8-5-9-19(21)32-25-22(20)24-27-23(28-29(24)14-26-25)16-6-3-2-4-7-16/h2-4,6-7,10-14,20H,5,8-9H2,1H3/t20-/m1/s1. The van der Waals surface area contributed by atoms with Gasteiger partial charge in [0.2, 0.25) is 5.88 Å². The molecule has 3 heterocycles. The van der Waals surface area contributed by atoms with Gasteiger partial charge in [-0.25, -0.2) is 14.5 Å². The lowest BCUT2D eigenvalue weighted by molar-refractivity contribution is -0.116. The number of carbonyl (C=O) groups excluding carboxylic acids is 1. The molecular weight excluding hydrogens is 404 g/mol. The van der Waals surface area contributed by atoms with Crippen molar-refractivity contribution < 1.29 is 14.3 Å². The molecule has 158 valence electrons. The number of benzene rings is 2. The fourth-order valence-electron chi connectivity index (χ4n) is 4.56. The normalized spacial score (nSPS) is 17.7. The van der Waals surface area contributed by atoms with Crippen molar-refractivity contribution >= 4 is 11.4 Å². The molecule has 6 rings (SSSR count). The van der Waals surface area contributed by atoms with Crippen LogP contribution in [0.2, 0.25) is 0 Å². The van der Waals surface area contributed by atoms with E-state index >= 15 is 0 Å². The molecule has 7 nitrogen and oxygen atoms in total. The lowest BCUT2D eigenvalue weighted by atomic mass is 9.78. The zero-order valence-electron chi connectivity index (χ0n) is 17.5. The number of ether oxygens (including phenoxy) is 2. The molecular formula is C25H20N4O3. The molecule has 1 aliphatic heterocycles. The number of Topliss-reactive ketones (excluding diaryl/α,β-unsaturated/α-hetero) is 1. The summed E-state index contributed by atoms with van der Waals surface area (Å²) in [4.78, 5) is 22.5. The third kappa shape index (κ3) is 2.89. The van der Waals surface area contributed by atoms with E-state index in [0.717, 1.165) is 35.3 Å². The zero-order valence-corrected chi connectivity index (χ0v) is 17.5. The minimum absolute atomic E-state index is 0.113. The molecule has 0 bridgehead atoms. The molecule has 0 N–H and O–H groups in total. The molecule has 0 unspecified atom stereocenters. The van der Waals surface area contributed by atoms with Gasteiger partial charge in [0.25, 0.3) is 0 Å². The number of hydrogen-bond acceptors (Lipinski definition) is 6. The fraction of sp³-hybridized carbons (Fsp3) is 0.200. The Labute approximate surface area is 184 Å². The molecule has 2 aromatic carbocycles. The molecule has 0 amide bonds. The second-order valence-corrected chi connectivity index (χ2v) is 7.95. The quantitative estimate of drug-likeness (QED) is 0.487. The van der Waals surface area contributed by atoms with E-state index in [1.807, 2.05) is 54.6 Å². The van der Waals surface area contributed by atoms with Crippen LogP contribution in [0.1, 0.15) is 36.3 Å². The van der Waals surface area contributed by atoms with Gasteiger partial charge in [-0.2, -0.15) is 0 Å². The predicted molar refractivity (Wildman–Crippen MR) is 118 cm³/mol. The Morgan fingerprint density at radius 3 is 2.66 bits per heavy atom. The van der Waals surface area contributed by atoms with E-state index in [-0.39, 0.29) is 11.7 Å². The molecule has 7 heteroatoms.